The second kappa shape index (κ2) is 9.07. The van der Waals surface area contributed by atoms with Crippen LogP contribution < -0.4 is 0 Å². The minimum atomic E-state index is -1.53. The fraction of sp³-hybridized carbons (Fsp3) is 0.808. The highest BCUT2D eigenvalue weighted by atomic mass is 16.7. The number of hydrogen-bond donors (Lipinski definition) is 5. The van der Waals surface area contributed by atoms with Gasteiger partial charge < -0.3 is 35.0 Å². The molecule has 1 saturated carbocycles. The molecule has 4 aliphatic rings. The minimum absolute atomic E-state index is 0.00260. The maximum Gasteiger partial charge on any atom is 0.186 e. The fourth-order valence-corrected chi connectivity index (χ4v) is 6.92. The monoisotopic (exact) mass is 480 g/mol. The van der Waals surface area contributed by atoms with Gasteiger partial charge in [-0.1, -0.05) is 32.4 Å². The first kappa shape index (κ1) is 25.9. The Bertz CT molecular complexity index is 854. The predicted octanol–water partition coefficient (Wildman–Crippen LogP) is 1.23. The average Bonchev–Trinajstić information content (AvgIpc) is 2.82. The van der Waals surface area contributed by atoms with Gasteiger partial charge in [0.05, 0.1) is 19.3 Å². The Morgan fingerprint density at radius 2 is 1.82 bits per heavy atom. The van der Waals surface area contributed by atoms with Gasteiger partial charge in [-0.15, -0.1) is 6.58 Å². The molecular weight excluding hydrogens is 440 g/mol. The molecule has 34 heavy (non-hydrogen) atoms. The minimum Gasteiger partial charge on any atom is -0.394 e. The normalized spacial score (nSPS) is 49.4. The Hall–Kier alpha value is -1.13. The number of hydrogen-bond acceptors (Lipinski definition) is 8. The van der Waals surface area contributed by atoms with Crippen molar-refractivity contribution >= 4 is 5.78 Å². The summed E-state index contributed by atoms with van der Waals surface area (Å²) in [6.45, 7) is 9.70. The highest BCUT2D eigenvalue weighted by Gasteiger charge is 2.59. The van der Waals surface area contributed by atoms with Gasteiger partial charge in [0.1, 0.15) is 24.4 Å². The molecule has 0 aromatic rings. The van der Waals surface area contributed by atoms with Gasteiger partial charge >= 0.3 is 0 Å². The number of ether oxygens (including phenoxy) is 2. The van der Waals surface area contributed by atoms with Gasteiger partial charge in [0.25, 0.3) is 0 Å². The molecule has 8 nitrogen and oxygen atoms in total. The summed E-state index contributed by atoms with van der Waals surface area (Å²) in [7, 11) is 0. The maximum absolute atomic E-state index is 13.4. The molecule has 1 saturated heterocycles. The molecule has 8 heteroatoms. The summed E-state index contributed by atoms with van der Waals surface area (Å²) in [6.07, 6.45) is -1.48. The Labute approximate surface area is 201 Å². The number of rotatable bonds is 5. The lowest BCUT2D eigenvalue weighted by atomic mass is 9.46. The lowest BCUT2D eigenvalue weighted by molar-refractivity contribution is -0.311. The van der Waals surface area contributed by atoms with E-state index >= 15 is 0 Å². The van der Waals surface area contributed by atoms with Crippen LogP contribution in [0.2, 0.25) is 0 Å². The first-order valence-electron chi connectivity index (χ1n) is 12.4. The number of carbonyl (C=O) groups excluding carboxylic acids is 1. The highest BCUT2D eigenvalue weighted by molar-refractivity contribution is 5.98. The van der Waals surface area contributed by atoms with Crippen LogP contribution in [0.4, 0.5) is 0 Å². The topological polar surface area (TPSA) is 137 Å². The fourth-order valence-electron chi connectivity index (χ4n) is 6.92. The molecule has 1 aliphatic heterocycles. The number of ketones is 1. The lowest BCUT2D eigenvalue weighted by Gasteiger charge is -2.59. The van der Waals surface area contributed by atoms with Gasteiger partial charge in [-0.25, -0.2) is 0 Å². The second-order valence-electron chi connectivity index (χ2n) is 11.7. The second-order valence-corrected chi connectivity index (χ2v) is 11.7. The van der Waals surface area contributed by atoms with Crippen LogP contribution in [0.25, 0.3) is 0 Å². The van der Waals surface area contributed by atoms with E-state index in [0.29, 0.717) is 19.3 Å². The third-order valence-corrected chi connectivity index (χ3v) is 9.47. The van der Waals surface area contributed by atoms with Crippen molar-refractivity contribution < 1.29 is 39.8 Å². The molecule has 5 N–H and O–H groups in total. The number of aliphatic hydroxyl groups excluding tert-OH is 5. The van der Waals surface area contributed by atoms with Gasteiger partial charge in [-0.3, -0.25) is 4.79 Å². The SMILES string of the molecule is C=C[C@@]1(C)CCC2=C(C1)C(=O)CC1[C@@](C)(CO[C@@H]3O[C@H](CO)[C@@H](O)[C@@H](O)[C@@H]3O)C(O)CC[C@]21C. The summed E-state index contributed by atoms with van der Waals surface area (Å²) in [5.41, 5.74) is 1.01. The zero-order valence-corrected chi connectivity index (χ0v) is 20.4. The van der Waals surface area contributed by atoms with Gasteiger partial charge in [0.15, 0.2) is 12.1 Å². The van der Waals surface area contributed by atoms with Gasteiger partial charge in [0, 0.05) is 11.8 Å². The van der Waals surface area contributed by atoms with E-state index in [1.54, 1.807) is 0 Å². The van der Waals surface area contributed by atoms with E-state index in [9.17, 15) is 30.3 Å². The van der Waals surface area contributed by atoms with Crippen molar-refractivity contribution in [1.29, 1.82) is 0 Å². The smallest absolute Gasteiger partial charge is 0.186 e. The lowest BCUT2D eigenvalue weighted by Crippen LogP contribution is -2.61. The predicted molar refractivity (Wildman–Crippen MR) is 123 cm³/mol. The quantitative estimate of drug-likeness (QED) is 0.371. The van der Waals surface area contributed by atoms with Crippen LogP contribution in [0.15, 0.2) is 23.8 Å². The van der Waals surface area contributed by atoms with Crippen molar-refractivity contribution in [2.24, 2.45) is 22.2 Å². The zero-order valence-electron chi connectivity index (χ0n) is 20.4. The summed E-state index contributed by atoms with van der Waals surface area (Å²) in [5, 5.41) is 51.1. The molecule has 0 aromatic heterocycles. The number of aliphatic hydroxyl groups is 5. The van der Waals surface area contributed by atoms with Crippen molar-refractivity contribution in [3.05, 3.63) is 23.8 Å². The molecule has 0 spiro atoms. The van der Waals surface area contributed by atoms with Crippen LogP contribution in [-0.2, 0) is 14.3 Å². The largest absolute Gasteiger partial charge is 0.394 e. The van der Waals surface area contributed by atoms with E-state index in [-0.39, 0.29) is 29.1 Å². The van der Waals surface area contributed by atoms with Crippen LogP contribution in [0, 0.1) is 22.2 Å². The Balaban J connectivity index is 1.59. The number of Topliss-reactive ketones (excluding diaryl/α,β-unsaturated/α-hetero) is 1. The van der Waals surface area contributed by atoms with E-state index in [2.05, 4.69) is 20.4 Å². The third-order valence-electron chi connectivity index (χ3n) is 9.47. The molecule has 0 bridgehead atoms. The van der Waals surface area contributed by atoms with Crippen LogP contribution in [0.5, 0.6) is 0 Å². The van der Waals surface area contributed by atoms with Crippen molar-refractivity contribution in [2.75, 3.05) is 13.2 Å². The molecule has 0 radical (unpaired) electrons. The zero-order chi connectivity index (χ0) is 25.1. The van der Waals surface area contributed by atoms with Crippen LogP contribution in [0.1, 0.15) is 59.3 Å². The van der Waals surface area contributed by atoms with E-state index in [1.807, 2.05) is 13.0 Å². The number of fused-ring (bicyclic) bond motifs is 2. The Morgan fingerprint density at radius 3 is 2.47 bits per heavy atom. The average molecular weight is 481 g/mol. The van der Waals surface area contributed by atoms with Gasteiger partial charge in [-0.05, 0) is 54.4 Å². The van der Waals surface area contributed by atoms with E-state index in [0.717, 1.165) is 24.8 Å². The van der Waals surface area contributed by atoms with Crippen LogP contribution in [0.3, 0.4) is 0 Å². The molecule has 3 aliphatic carbocycles. The molecule has 4 rings (SSSR count). The van der Waals surface area contributed by atoms with Crippen molar-refractivity contribution in [3.8, 4) is 0 Å². The molecule has 2 fully saturated rings. The summed E-state index contributed by atoms with van der Waals surface area (Å²) in [5.74, 6) is -0.0358. The van der Waals surface area contributed by atoms with E-state index < -0.39 is 48.8 Å². The standard InChI is InChI=1S/C26H40O8/c1-5-24(2)8-6-15-14(11-24)16(28)10-18-25(15,3)9-7-19(29)26(18,4)13-33-23-22(32)21(31)20(30)17(12-27)34-23/h5,17-23,27,29-32H,1,6-13H2,2-4H3/t17-,18?,19?,20-,21-,22+,23-,24+,25-,26-/m1/s1. The van der Waals surface area contributed by atoms with Gasteiger partial charge in [0.2, 0.25) is 0 Å². The Morgan fingerprint density at radius 1 is 1.12 bits per heavy atom. The van der Waals surface area contributed by atoms with Crippen LogP contribution in [-0.4, -0.2) is 81.3 Å². The highest BCUT2D eigenvalue weighted by Crippen LogP contribution is 2.62. The number of carbonyl (C=O) groups is 1. The molecule has 0 aromatic carbocycles. The molecular formula is C26H40O8. The summed E-state index contributed by atoms with van der Waals surface area (Å²) < 4.78 is 11.4. The first-order chi connectivity index (χ1) is 15.9. The molecule has 0 amide bonds. The van der Waals surface area contributed by atoms with Crippen molar-refractivity contribution in [2.45, 2.75) is 96.1 Å². The Kier molecular flexibility index (Phi) is 6.92. The van der Waals surface area contributed by atoms with E-state index in [1.165, 1.54) is 5.57 Å². The van der Waals surface area contributed by atoms with Crippen LogP contribution >= 0.6 is 0 Å². The molecule has 192 valence electrons. The molecule has 2 unspecified atom stereocenters. The maximum atomic E-state index is 13.4. The number of allylic oxidation sites excluding steroid dienone is 3. The third kappa shape index (κ3) is 4.01. The molecule has 10 atom stereocenters. The summed E-state index contributed by atoms with van der Waals surface area (Å²) >= 11 is 0. The summed E-state index contributed by atoms with van der Waals surface area (Å²) in [4.78, 5) is 13.4. The van der Waals surface area contributed by atoms with Crippen molar-refractivity contribution in [1.82, 2.24) is 0 Å². The van der Waals surface area contributed by atoms with E-state index in [4.69, 9.17) is 9.47 Å². The van der Waals surface area contributed by atoms with Crippen molar-refractivity contribution in [3.63, 3.8) is 0 Å². The molecule has 1 heterocycles. The summed E-state index contributed by atoms with van der Waals surface area (Å²) in [6, 6.07) is 0. The first-order valence-corrected chi connectivity index (χ1v) is 12.4. The van der Waals surface area contributed by atoms with Gasteiger partial charge in [-0.2, -0.15) is 0 Å².